The SMILES string of the molecule is COc1ccc(C)cc1NC(=O)N1CC(C(=O)N(C)C)C2(CCOCC2)C1. The van der Waals surface area contributed by atoms with E-state index in [1.807, 2.05) is 25.1 Å². The molecule has 2 aliphatic rings. The van der Waals surface area contributed by atoms with Crippen LogP contribution in [0.15, 0.2) is 18.2 Å². The lowest BCUT2D eigenvalue weighted by molar-refractivity contribution is -0.138. The van der Waals surface area contributed by atoms with E-state index in [-0.39, 0.29) is 23.3 Å². The molecule has 27 heavy (non-hydrogen) atoms. The van der Waals surface area contributed by atoms with Crippen molar-refractivity contribution in [3.63, 3.8) is 0 Å². The summed E-state index contributed by atoms with van der Waals surface area (Å²) in [5, 5.41) is 2.96. The minimum Gasteiger partial charge on any atom is -0.495 e. The highest BCUT2D eigenvalue weighted by Crippen LogP contribution is 2.45. The van der Waals surface area contributed by atoms with Crippen LogP contribution in [-0.2, 0) is 9.53 Å². The number of amides is 3. The first-order valence-electron chi connectivity index (χ1n) is 9.36. The van der Waals surface area contributed by atoms with E-state index in [2.05, 4.69) is 5.32 Å². The summed E-state index contributed by atoms with van der Waals surface area (Å²) in [5.74, 6) is 0.511. The summed E-state index contributed by atoms with van der Waals surface area (Å²) in [4.78, 5) is 29.2. The summed E-state index contributed by atoms with van der Waals surface area (Å²) in [6, 6.07) is 5.47. The summed E-state index contributed by atoms with van der Waals surface area (Å²) in [6.45, 7) is 4.24. The van der Waals surface area contributed by atoms with Gasteiger partial charge < -0.3 is 24.6 Å². The van der Waals surface area contributed by atoms with Crippen LogP contribution in [0.3, 0.4) is 0 Å². The summed E-state index contributed by atoms with van der Waals surface area (Å²) in [6.07, 6.45) is 1.60. The number of urea groups is 1. The Morgan fingerprint density at radius 3 is 2.63 bits per heavy atom. The van der Waals surface area contributed by atoms with Gasteiger partial charge in [-0.3, -0.25) is 4.79 Å². The van der Waals surface area contributed by atoms with Gasteiger partial charge in [0.1, 0.15) is 5.75 Å². The molecular weight excluding hydrogens is 346 g/mol. The molecule has 1 unspecified atom stereocenters. The Morgan fingerprint density at radius 1 is 1.30 bits per heavy atom. The number of benzene rings is 1. The average molecular weight is 375 g/mol. The van der Waals surface area contributed by atoms with Crippen molar-refractivity contribution < 1.29 is 19.1 Å². The number of methoxy groups -OCH3 is 1. The molecule has 148 valence electrons. The zero-order chi connectivity index (χ0) is 19.6. The van der Waals surface area contributed by atoms with Crippen LogP contribution < -0.4 is 10.1 Å². The molecule has 0 aromatic heterocycles. The van der Waals surface area contributed by atoms with Gasteiger partial charge in [0.05, 0.1) is 18.7 Å². The highest BCUT2D eigenvalue weighted by molar-refractivity contribution is 5.92. The third kappa shape index (κ3) is 3.88. The molecule has 0 aliphatic carbocycles. The molecule has 1 atom stereocenters. The van der Waals surface area contributed by atoms with Crippen LogP contribution in [0.2, 0.25) is 0 Å². The maximum atomic E-state index is 13.0. The fourth-order valence-electron chi connectivity index (χ4n) is 4.17. The van der Waals surface area contributed by atoms with Crippen molar-refractivity contribution in [2.45, 2.75) is 19.8 Å². The van der Waals surface area contributed by atoms with Crippen molar-refractivity contribution in [1.29, 1.82) is 0 Å². The lowest BCUT2D eigenvalue weighted by Gasteiger charge is -2.37. The van der Waals surface area contributed by atoms with Gasteiger partial charge >= 0.3 is 6.03 Å². The van der Waals surface area contributed by atoms with Crippen LogP contribution in [0.5, 0.6) is 5.75 Å². The molecule has 2 heterocycles. The van der Waals surface area contributed by atoms with Crippen LogP contribution in [0, 0.1) is 18.3 Å². The van der Waals surface area contributed by atoms with E-state index >= 15 is 0 Å². The molecule has 1 N–H and O–H groups in total. The number of carbonyl (C=O) groups excluding carboxylic acids is 2. The van der Waals surface area contributed by atoms with Crippen molar-refractivity contribution in [3.8, 4) is 5.75 Å². The highest BCUT2D eigenvalue weighted by Gasteiger charge is 2.52. The van der Waals surface area contributed by atoms with Gasteiger partial charge in [-0.1, -0.05) is 6.07 Å². The molecule has 2 saturated heterocycles. The number of hydrogen-bond donors (Lipinski definition) is 1. The number of rotatable bonds is 3. The topological polar surface area (TPSA) is 71.1 Å². The van der Waals surface area contributed by atoms with Crippen LogP contribution in [0.4, 0.5) is 10.5 Å². The second kappa shape index (κ2) is 7.76. The van der Waals surface area contributed by atoms with E-state index in [1.165, 1.54) is 0 Å². The number of anilines is 1. The number of nitrogens with zero attached hydrogens (tertiary/aromatic N) is 2. The van der Waals surface area contributed by atoms with Crippen LogP contribution in [-0.4, -0.2) is 69.2 Å². The first-order valence-corrected chi connectivity index (χ1v) is 9.36. The van der Waals surface area contributed by atoms with Crippen molar-refractivity contribution in [2.24, 2.45) is 11.3 Å². The molecule has 1 aromatic rings. The fourth-order valence-corrected chi connectivity index (χ4v) is 4.17. The molecule has 3 amide bonds. The van der Waals surface area contributed by atoms with Crippen molar-refractivity contribution >= 4 is 17.6 Å². The zero-order valence-electron chi connectivity index (χ0n) is 16.6. The summed E-state index contributed by atoms with van der Waals surface area (Å²) in [7, 11) is 5.13. The van der Waals surface area contributed by atoms with Crippen LogP contribution in [0.1, 0.15) is 18.4 Å². The predicted octanol–water partition coefficient (Wildman–Crippen LogP) is 2.35. The zero-order valence-corrected chi connectivity index (χ0v) is 16.6. The summed E-state index contributed by atoms with van der Waals surface area (Å²) >= 11 is 0. The van der Waals surface area contributed by atoms with E-state index in [0.29, 0.717) is 37.7 Å². The van der Waals surface area contributed by atoms with Gasteiger partial charge in [0, 0.05) is 45.8 Å². The van der Waals surface area contributed by atoms with Crippen molar-refractivity contribution in [2.75, 3.05) is 52.8 Å². The van der Waals surface area contributed by atoms with E-state index < -0.39 is 0 Å². The van der Waals surface area contributed by atoms with Crippen molar-refractivity contribution in [1.82, 2.24) is 9.80 Å². The van der Waals surface area contributed by atoms with E-state index in [1.54, 1.807) is 31.0 Å². The second-order valence-electron chi connectivity index (χ2n) is 7.77. The standard InChI is InChI=1S/C20H29N3O4/c1-14-5-6-17(26-4)16(11-14)21-19(25)23-12-15(18(24)22(2)3)20(13-23)7-9-27-10-8-20/h5-6,11,15H,7-10,12-13H2,1-4H3,(H,21,25). The third-order valence-electron chi connectivity index (χ3n) is 5.76. The number of hydrogen-bond acceptors (Lipinski definition) is 4. The van der Waals surface area contributed by atoms with Gasteiger partial charge in [-0.15, -0.1) is 0 Å². The minimum atomic E-state index is -0.201. The van der Waals surface area contributed by atoms with Gasteiger partial charge in [0.2, 0.25) is 5.91 Å². The molecular formula is C20H29N3O4. The van der Waals surface area contributed by atoms with E-state index in [9.17, 15) is 9.59 Å². The predicted molar refractivity (Wildman–Crippen MR) is 103 cm³/mol. The molecule has 3 rings (SSSR count). The monoisotopic (exact) mass is 375 g/mol. The Morgan fingerprint density at radius 2 is 2.00 bits per heavy atom. The number of likely N-dealkylation sites (tertiary alicyclic amines) is 1. The minimum absolute atomic E-state index is 0.0836. The van der Waals surface area contributed by atoms with Crippen LogP contribution >= 0.6 is 0 Å². The lowest BCUT2D eigenvalue weighted by atomic mass is 9.71. The normalized spacial score (nSPS) is 21.2. The number of ether oxygens (including phenoxy) is 2. The van der Waals surface area contributed by atoms with E-state index in [4.69, 9.17) is 9.47 Å². The average Bonchev–Trinajstić information content (AvgIpc) is 3.00. The Labute approximate surface area is 160 Å². The number of nitrogens with one attached hydrogen (secondary N) is 1. The van der Waals surface area contributed by atoms with E-state index in [0.717, 1.165) is 18.4 Å². The van der Waals surface area contributed by atoms with Gasteiger partial charge in [-0.2, -0.15) is 0 Å². The Bertz CT molecular complexity index is 713. The third-order valence-corrected chi connectivity index (χ3v) is 5.76. The Balaban J connectivity index is 1.80. The van der Waals surface area contributed by atoms with Gasteiger partial charge in [0.25, 0.3) is 0 Å². The Hall–Kier alpha value is -2.28. The first-order chi connectivity index (χ1) is 12.9. The number of aryl methyl sites for hydroxylation is 1. The number of carbonyl (C=O) groups is 2. The molecule has 1 spiro atoms. The molecule has 0 bridgehead atoms. The smallest absolute Gasteiger partial charge is 0.321 e. The molecule has 2 fully saturated rings. The molecule has 7 heteroatoms. The molecule has 1 aromatic carbocycles. The Kier molecular flexibility index (Phi) is 5.60. The summed E-state index contributed by atoms with van der Waals surface area (Å²) < 4.78 is 10.9. The van der Waals surface area contributed by atoms with Crippen molar-refractivity contribution in [3.05, 3.63) is 23.8 Å². The molecule has 0 saturated carbocycles. The van der Waals surface area contributed by atoms with Gasteiger partial charge in [0.15, 0.2) is 0 Å². The van der Waals surface area contributed by atoms with Gasteiger partial charge in [-0.05, 0) is 37.5 Å². The molecule has 0 radical (unpaired) electrons. The maximum absolute atomic E-state index is 13.0. The lowest BCUT2D eigenvalue weighted by Crippen LogP contribution is -2.44. The quantitative estimate of drug-likeness (QED) is 0.880. The van der Waals surface area contributed by atoms with Gasteiger partial charge in [-0.25, -0.2) is 4.79 Å². The maximum Gasteiger partial charge on any atom is 0.321 e. The molecule has 2 aliphatic heterocycles. The largest absolute Gasteiger partial charge is 0.495 e. The second-order valence-corrected chi connectivity index (χ2v) is 7.77. The first kappa shape index (κ1) is 19.5. The molecule has 7 nitrogen and oxygen atoms in total. The highest BCUT2D eigenvalue weighted by atomic mass is 16.5. The summed E-state index contributed by atoms with van der Waals surface area (Å²) in [5.41, 5.74) is 1.48. The van der Waals surface area contributed by atoms with Crippen LogP contribution in [0.25, 0.3) is 0 Å². The fraction of sp³-hybridized carbons (Fsp3) is 0.600.